The number of aliphatic hydroxyl groups excluding tert-OH is 1. The third-order valence-corrected chi connectivity index (χ3v) is 9.47. The molecule has 1 unspecified atom stereocenters. The van der Waals surface area contributed by atoms with Gasteiger partial charge in [-0.25, -0.2) is 0 Å². The number of ether oxygens (including phenoxy) is 1. The number of rotatable bonds is 3. The van der Waals surface area contributed by atoms with Gasteiger partial charge in [-0.2, -0.15) is 0 Å². The smallest absolute Gasteiger partial charge is 0.305 e. The number of fused-ring (bicyclic) bond motifs is 4. The Labute approximate surface area is 170 Å². The van der Waals surface area contributed by atoms with Crippen molar-refractivity contribution in [1.29, 1.82) is 0 Å². The molecule has 0 amide bonds. The maximum absolute atomic E-state index is 11.7. The average Bonchev–Trinajstić information content (AvgIpc) is 2.99. The number of carbonyl (C=O) groups is 1. The summed E-state index contributed by atoms with van der Waals surface area (Å²) < 4.78 is 4.88. The first-order chi connectivity index (χ1) is 13.1. The fraction of sp³-hybridized carbons (Fsp3) is 0.800. The lowest BCUT2D eigenvalue weighted by molar-refractivity contribution is -0.141. The minimum absolute atomic E-state index is 0.000608. The van der Waals surface area contributed by atoms with Crippen molar-refractivity contribution in [1.82, 2.24) is 0 Å². The number of esters is 1. The summed E-state index contributed by atoms with van der Waals surface area (Å²) in [4.78, 5) is 11.7. The summed E-state index contributed by atoms with van der Waals surface area (Å²) in [6.07, 6.45) is 11.7. The summed E-state index contributed by atoms with van der Waals surface area (Å²) in [5.41, 5.74) is 5.43. The van der Waals surface area contributed by atoms with Gasteiger partial charge in [0, 0.05) is 6.42 Å². The zero-order valence-corrected chi connectivity index (χ0v) is 18.4. The quantitative estimate of drug-likeness (QED) is 0.644. The maximum Gasteiger partial charge on any atom is 0.305 e. The van der Waals surface area contributed by atoms with Crippen LogP contribution in [0.25, 0.3) is 0 Å². The highest BCUT2D eigenvalue weighted by molar-refractivity contribution is 5.69. The van der Waals surface area contributed by atoms with Gasteiger partial charge < -0.3 is 9.84 Å². The highest BCUT2D eigenvalue weighted by Gasteiger charge is 2.57. The number of hydrogen-bond acceptors (Lipinski definition) is 3. The molecule has 0 aromatic rings. The Morgan fingerprint density at radius 2 is 1.89 bits per heavy atom. The average molecular weight is 387 g/mol. The molecule has 4 aliphatic rings. The van der Waals surface area contributed by atoms with Crippen molar-refractivity contribution in [3.05, 3.63) is 22.8 Å². The molecule has 5 atom stereocenters. The molecule has 0 aliphatic heterocycles. The molecule has 0 aromatic heterocycles. The molecule has 3 nitrogen and oxygen atoms in total. The molecule has 0 aromatic carbocycles. The number of aliphatic hydroxyl groups is 1. The molecule has 1 fully saturated rings. The third kappa shape index (κ3) is 2.75. The van der Waals surface area contributed by atoms with Crippen molar-refractivity contribution >= 4 is 5.97 Å². The monoisotopic (exact) mass is 386 g/mol. The number of methoxy groups -OCH3 is 1. The van der Waals surface area contributed by atoms with Gasteiger partial charge in [0.15, 0.2) is 0 Å². The van der Waals surface area contributed by atoms with Crippen LogP contribution in [0.3, 0.4) is 0 Å². The Hall–Kier alpha value is -1.09. The van der Waals surface area contributed by atoms with Crippen molar-refractivity contribution in [2.45, 2.75) is 91.6 Å². The Morgan fingerprint density at radius 1 is 1.14 bits per heavy atom. The van der Waals surface area contributed by atoms with Gasteiger partial charge >= 0.3 is 5.97 Å². The molecule has 4 aliphatic carbocycles. The fourth-order valence-electron chi connectivity index (χ4n) is 7.60. The predicted molar refractivity (Wildman–Crippen MR) is 112 cm³/mol. The van der Waals surface area contributed by atoms with Crippen molar-refractivity contribution < 1.29 is 14.6 Å². The Morgan fingerprint density at radius 3 is 2.61 bits per heavy atom. The normalized spacial score (nSPS) is 41.6. The van der Waals surface area contributed by atoms with E-state index >= 15 is 0 Å². The van der Waals surface area contributed by atoms with E-state index in [0.717, 1.165) is 32.1 Å². The van der Waals surface area contributed by atoms with Crippen LogP contribution in [0.4, 0.5) is 0 Å². The summed E-state index contributed by atoms with van der Waals surface area (Å²) in [6, 6.07) is 0. The van der Waals surface area contributed by atoms with E-state index < -0.39 is 0 Å². The lowest BCUT2D eigenvalue weighted by atomic mass is 9.46. The number of carbonyl (C=O) groups excluding carboxylic acids is 1. The van der Waals surface area contributed by atoms with Gasteiger partial charge in [-0.1, -0.05) is 39.3 Å². The minimum Gasteiger partial charge on any atom is -0.469 e. The molecular formula is C25H38O3. The second kappa shape index (κ2) is 6.72. The first kappa shape index (κ1) is 20.2. The lowest BCUT2D eigenvalue weighted by Gasteiger charge is -2.59. The third-order valence-electron chi connectivity index (χ3n) is 9.47. The largest absolute Gasteiger partial charge is 0.469 e. The highest BCUT2D eigenvalue weighted by Crippen LogP contribution is 2.66. The summed E-state index contributed by atoms with van der Waals surface area (Å²) in [6.45, 7) is 9.51. The SMILES string of the molecule is COC(=O)CC[C@H]1CC=C2C3=C(CC[C@@]21C)[C@@]1(C)CC[C@H](O)C(C)(C)C1CC3. The van der Waals surface area contributed by atoms with Gasteiger partial charge in [-0.3, -0.25) is 4.79 Å². The molecule has 156 valence electrons. The van der Waals surface area contributed by atoms with Crippen molar-refractivity contribution in [2.75, 3.05) is 7.11 Å². The predicted octanol–water partition coefficient (Wildman–Crippen LogP) is 5.58. The Balaban J connectivity index is 1.63. The van der Waals surface area contributed by atoms with Crippen LogP contribution >= 0.6 is 0 Å². The molecule has 1 saturated carbocycles. The number of hydrogen-bond donors (Lipinski definition) is 1. The topological polar surface area (TPSA) is 46.5 Å². The van der Waals surface area contributed by atoms with E-state index in [2.05, 4.69) is 33.8 Å². The van der Waals surface area contributed by atoms with Crippen molar-refractivity contribution in [3.8, 4) is 0 Å². The summed E-state index contributed by atoms with van der Waals surface area (Å²) >= 11 is 0. The molecule has 0 bridgehead atoms. The molecule has 0 heterocycles. The molecule has 0 spiro atoms. The van der Waals surface area contributed by atoms with Crippen LogP contribution in [-0.4, -0.2) is 24.3 Å². The molecule has 3 heteroatoms. The van der Waals surface area contributed by atoms with E-state index in [1.54, 1.807) is 16.7 Å². The van der Waals surface area contributed by atoms with Crippen LogP contribution in [0.5, 0.6) is 0 Å². The summed E-state index contributed by atoms with van der Waals surface area (Å²) in [7, 11) is 1.49. The van der Waals surface area contributed by atoms with E-state index in [1.165, 1.54) is 26.4 Å². The fourth-order valence-corrected chi connectivity index (χ4v) is 7.60. The van der Waals surface area contributed by atoms with Crippen LogP contribution in [0.2, 0.25) is 0 Å². The van der Waals surface area contributed by atoms with Crippen LogP contribution < -0.4 is 0 Å². The van der Waals surface area contributed by atoms with E-state index in [0.29, 0.717) is 18.3 Å². The first-order valence-corrected chi connectivity index (χ1v) is 11.3. The van der Waals surface area contributed by atoms with Crippen molar-refractivity contribution in [2.24, 2.45) is 28.1 Å². The summed E-state index contributed by atoms with van der Waals surface area (Å²) in [5.74, 6) is 1.05. The van der Waals surface area contributed by atoms with Crippen LogP contribution in [-0.2, 0) is 9.53 Å². The molecule has 0 saturated heterocycles. The minimum atomic E-state index is -0.171. The zero-order valence-electron chi connectivity index (χ0n) is 18.4. The van der Waals surface area contributed by atoms with Crippen molar-refractivity contribution in [3.63, 3.8) is 0 Å². The molecule has 4 rings (SSSR count). The van der Waals surface area contributed by atoms with Gasteiger partial charge in [0.05, 0.1) is 13.2 Å². The zero-order chi connectivity index (χ0) is 20.3. The molecule has 0 radical (unpaired) electrons. The standard InChI is InChI=1S/C25H38O3/c1-23(2)20-10-8-17-18-9-6-16(7-11-22(27)28-5)24(18,3)14-12-19(17)25(20,4)15-13-21(23)26/h9,16,20-21,26H,6-8,10-15H2,1-5H3/t16-,20?,21+,24-,25-/m1/s1. The van der Waals surface area contributed by atoms with E-state index in [4.69, 9.17) is 4.74 Å². The Kier molecular flexibility index (Phi) is 4.85. The van der Waals surface area contributed by atoms with Gasteiger partial charge in [-0.15, -0.1) is 0 Å². The summed E-state index contributed by atoms with van der Waals surface area (Å²) in [5, 5.41) is 10.7. The maximum atomic E-state index is 11.7. The van der Waals surface area contributed by atoms with Crippen LogP contribution in [0, 0.1) is 28.1 Å². The van der Waals surface area contributed by atoms with Gasteiger partial charge in [0.25, 0.3) is 0 Å². The molecule has 1 N–H and O–H groups in total. The molecular weight excluding hydrogens is 348 g/mol. The lowest BCUT2D eigenvalue weighted by Crippen LogP contribution is -2.53. The van der Waals surface area contributed by atoms with Crippen LogP contribution in [0.1, 0.15) is 85.5 Å². The molecule has 28 heavy (non-hydrogen) atoms. The highest BCUT2D eigenvalue weighted by atomic mass is 16.5. The second-order valence-corrected chi connectivity index (χ2v) is 10.9. The van der Waals surface area contributed by atoms with Crippen LogP contribution in [0.15, 0.2) is 22.8 Å². The van der Waals surface area contributed by atoms with Gasteiger partial charge in [0.1, 0.15) is 0 Å². The van der Waals surface area contributed by atoms with Gasteiger partial charge in [-0.05, 0) is 90.6 Å². The van der Waals surface area contributed by atoms with E-state index in [-0.39, 0.29) is 28.3 Å². The second-order valence-electron chi connectivity index (χ2n) is 10.9. The van der Waals surface area contributed by atoms with Gasteiger partial charge in [0.2, 0.25) is 0 Å². The number of allylic oxidation sites excluding steroid dienone is 4. The first-order valence-electron chi connectivity index (χ1n) is 11.3. The Bertz CT molecular complexity index is 730. The van der Waals surface area contributed by atoms with E-state index in [1.807, 2.05) is 0 Å². The van der Waals surface area contributed by atoms with E-state index in [9.17, 15) is 9.90 Å².